The molecule has 0 aliphatic rings. The SMILES string of the molecule is NCc1nc(C(=O)NCCc2cccc(F)c2)cs1. The van der Waals surface area contributed by atoms with Crippen LogP contribution in [0.25, 0.3) is 0 Å². The molecule has 2 aromatic rings. The predicted octanol–water partition coefficient (Wildman–Crippen LogP) is 1.71. The molecular formula is C13H14FN3OS. The number of thiazole rings is 1. The fraction of sp³-hybridized carbons (Fsp3) is 0.231. The van der Waals surface area contributed by atoms with Gasteiger partial charge in [0.2, 0.25) is 0 Å². The Hall–Kier alpha value is -1.79. The highest BCUT2D eigenvalue weighted by Crippen LogP contribution is 2.08. The van der Waals surface area contributed by atoms with Crippen molar-refractivity contribution in [3.63, 3.8) is 0 Å². The average molecular weight is 279 g/mol. The fourth-order valence-electron chi connectivity index (χ4n) is 1.61. The molecule has 0 unspecified atom stereocenters. The average Bonchev–Trinajstić information content (AvgIpc) is 2.87. The van der Waals surface area contributed by atoms with Crippen LogP contribution in [0.5, 0.6) is 0 Å². The first-order chi connectivity index (χ1) is 9.19. The molecule has 0 saturated heterocycles. The van der Waals surface area contributed by atoms with E-state index in [4.69, 9.17) is 5.73 Å². The first-order valence-corrected chi connectivity index (χ1v) is 6.74. The van der Waals surface area contributed by atoms with Crippen LogP contribution < -0.4 is 11.1 Å². The van der Waals surface area contributed by atoms with Crippen molar-refractivity contribution in [2.24, 2.45) is 5.73 Å². The molecule has 1 aromatic heterocycles. The number of carbonyl (C=O) groups excluding carboxylic acids is 1. The maximum Gasteiger partial charge on any atom is 0.270 e. The number of amides is 1. The molecule has 4 nitrogen and oxygen atoms in total. The summed E-state index contributed by atoms with van der Waals surface area (Å²) in [6, 6.07) is 6.33. The summed E-state index contributed by atoms with van der Waals surface area (Å²) in [5.41, 5.74) is 6.66. The first kappa shape index (κ1) is 13.6. The van der Waals surface area contributed by atoms with Gasteiger partial charge in [-0.2, -0.15) is 0 Å². The second kappa shape index (κ2) is 6.40. The number of nitrogens with two attached hydrogens (primary N) is 1. The zero-order chi connectivity index (χ0) is 13.7. The lowest BCUT2D eigenvalue weighted by molar-refractivity contribution is 0.0949. The molecule has 0 bridgehead atoms. The molecule has 1 aromatic carbocycles. The van der Waals surface area contributed by atoms with E-state index >= 15 is 0 Å². The van der Waals surface area contributed by atoms with E-state index in [9.17, 15) is 9.18 Å². The lowest BCUT2D eigenvalue weighted by Crippen LogP contribution is -2.26. The molecule has 1 heterocycles. The normalized spacial score (nSPS) is 10.4. The molecule has 0 saturated carbocycles. The molecule has 0 aliphatic heterocycles. The van der Waals surface area contributed by atoms with Crippen molar-refractivity contribution >= 4 is 17.2 Å². The van der Waals surface area contributed by atoms with Gasteiger partial charge < -0.3 is 11.1 Å². The second-order valence-electron chi connectivity index (χ2n) is 3.97. The highest BCUT2D eigenvalue weighted by atomic mass is 32.1. The van der Waals surface area contributed by atoms with Crippen molar-refractivity contribution in [3.05, 3.63) is 51.7 Å². The van der Waals surface area contributed by atoms with Crippen molar-refractivity contribution in [1.82, 2.24) is 10.3 Å². The predicted molar refractivity (Wildman–Crippen MR) is 72.4 cm³/mol. The van der Waals surface area contributed by atoms with Crippen molar-refractivity contribution in [1.29, 1.82) is 0 Å². The number of carbonyl (C=O) groups is 1. The molecule has 6 heteroatoms. The van der Waals surface area contributed by atoms with Gasteiger partial charge in [0, 0.05) is 18.5 Å². The van der Waals surface area contributed by atoms with Gasteiger partial charge in [-0.25, -0.2) is 9.37 Å². The summed E-state index contributed by atoms with van der Waals surface area (Å²) in [5, 5.41) is 5.16. The summed E-state index contributed by atoms with van der Waals surface area (Å²) in [7, 11) is 0. The Kier molecular flexibility index (Phi) is 4.59. The molecule has 100 valence electrons. The molecule has 0 aliphatic carbocycles. The Bertz CT molecular complexity index is 571. The lowest BCUT2D eigenvalue weighted by Gasteiger charge is -2.03. The van der Waals surface area contributed by atoms with E-state index in [1.807, 2.05) is 6.07 Å². The molecule has 1 amide bonds. The maximum absolute atomic E-state index is 13.0. The van der Waals surface area contributed by atoms with Crippen molar-refractivity contribution < 1.29 is 9.18 Å². The number of rotatable bonds is 5. The van der Waals surface area contributed by atoms with Crippen LogP contribution in [0.3, 0.4) is 0 Å². The van der Waals surface area contributed by atoms with Gasteiger partial charge in [0.05, 0.1) is 0 Å². The fourth-order valence-corrected chi connectivity index (χ4v) is 2.27. The van der Waals surface area contributed by atoms with E-state index in [-0.39, 0.29) is 11.7 Å². The lowest BCUT2D eigenvalue weighted by atomic mass is 10.1. The van der Waals surface area contributed by atoms with Gasteiger partial charge in [0.25, 0.3) is 5.91 Å². The standard InChI is InChI=1S/C13H14FN3OS/c14-10-3-1-2-9(6-10)4-5-16-13(18)11-8-19-12(7-15)17-11/h1-3,6,8H,4-5,7,15H2,(H,16,18). The van der Waals surface area contributed by atoms with E-state index in [0.29, 0.717) is 25.2 Å². The van der Waals surface area contributed by atoms with Crippen LogP contribution in [-0.2, 0) is 13.0 Å². The monoisotopic (exact) mass is 279 g/mol. The van der Waals surface area contributed by atoms with Gasteiger partial charge in [-0.05, 0) is 24.1 Å². The smallest absolute Gasteiger partial charge is 0.270 e. The topological polar surface area (TPSA) is 68.0 Å². The molecule has 0 fully saturated rings. The van der Waals surface area contributed by atoms with E-state index in [2.05, 4.69) is 10.3 Å². The third-order valence-electron chi connectivity index (χ3n) is 2.55. The number of aromatic nitrogens is 1. The highest BCUT2D eigenvalue weighted by Gasteiger charge is 2.09. The summed E-state index contributed by atoms with van der Waals surface area (Å²) < 4.78 is 13.0. The van der Waals surface area contributed by atoms with Crippen LogP contribution >= 0.6 is 11.3 Å². The quantitative estimate of drug-likeness (QED) is 0.875. The van der Waals surface area contributed by atoms with Gasteiger partial charge >= 0.3 is 0 Å². The Balaban J connectivity index is 1.84. The van der Waals surface area contributed by atoms with Gasteiger partial charge in [0.1, 0.15) is 16.5 Å². The summed E-state index contributed by atoms with van der Waals surface area (Å²) >= 11 is 1.36. The molecule has 0 radical (unpaired) electrons. The zero-order valence-electron chi connectivity index (χ0n) is 10.2. The van der Waals surface area contributed by atoms with Crippen LogP contribution in [0.15, 0.2) is 29.6 Å². The minimum Gasteiger partial charge on any atom is -0.350 e. The summed E-state index contributed by atoms with van der Waals surface area (Å²) in [6.45, 7) is 0.777. The van der Waals surface area contributed by atoms with Crippen LogP contribution in [0.2, 0.25) is 0 Å². The Morgan fingerprint density at radius 1 is 1.47 bits per heavy atom. The van der Waals surface area contributed by atoms with Crippen molar-refractivity contribution in [3.8, 4) is 0 Å². The largest absolute Gasteiger partial charge is 0.350 e. The number of nitrogens with zero attached hydrogens (tertiary/aromatic N) is 1. The van der Waals surface area contributed by atoms with E-state index < -0.39 is 0 Å². The zero-order valence-corrected chi connectivity index (χ0v) is 11.0. The summed E-state index contributed by atoms with van der Waals surface area (Å²) in [6.07, 6.45) is 0.581. The molecule has 0 spiro atoms. The van der Waals surface area contributed by atoms with Crippen LogP contribution in [-0.4, -0.2) is 17.4 Å². The molecule has 19 heavy (non-hydrogen) atoms. The second-order valence-corrected chi connectivity index (χ2v) is 4.91. The summed E-state index contributed by atoms with van der Waals surface area (Å²) in [4.78, 5) is 15.8. The number of nitrogens with one attached hydrogen (secondary N) is 1. The first-order valence-electron chi connectivity index (χ1n) is 5.86. The van der Waals surface area contributed by atoms with Gasteiger partial charge in [0.15, 0.2) is 0 Å². The van der Waals surface area contributed by atoms with Crippen molar-refractivity contribution in [2.75, 3.05) is 6.54 Å². The number of hydrogen-bond acceptors (Lipinski definition) is 4. The van der Waals surface area contributed by atoms with Gasteiger partial charge in [-0.15, -0.1) is 11.3 Å². The van der Waals surface area contributed by atoms with Crippen LogP contribution in [0, 0.1) is 5.82 Å². The molecular weight excluding hydrogens is 265 g/mol. The Morgan fingerprint density at radius 2 is 2.32 bits per heavy atom. The number of hydrogen-bond donors (Lipinski definition) is 2. The van der Waals surface area contributed by atoms with E-state index in [0.717, 1.165) is 10.6 Å². The molecule has 3 N–H and O–H groups in total. The maximum atomic E-state index is 13.0. The number of benzene rings is 1. The van der Waals surface area contributed by atoms with E-state index in [1.54, 1.807) is 11.4 Å². The van der Waals surface area contributed by atoms with Crippen LogP contribution in [0.1, 0.15) is 21.1 Å². The molecule has 0 atom stereocenters. The van der Waals surface area contributed by atoms with E-state index in [1.165, 1.54) is 23.5 Å². The van der Waals surface area contributed by atoms with Crippen LogP contribution in [0.4, 0.5) is 4.39 Å². The van der Waals surface area contributed by atoms with Gasteiger partial charge in [-0.1, -0.05) is 12.1 Å². The third-order valence-corrected chi connectivity index (χ3v) is 3.42. The van der Waals surface area contributed by atoms with Gasteiger partial charge in [-0.3, -0.25) is 4.79 Å². The summed E-state index contributed by atoms with van der Waals surface area (Å²) in [5.74, 6) is -0.497. The third kappa shape index (κ3) is 3.84. The minimum atomic E-state index is -0.268. The number of halogens is 1. The Labute approximate surface area is 114 Å². The highest BCUT2D eigenvalue weighted by molar-refractivity contribution is 7.09. The Morgan fingerprint density at radius 3 is 3.00 bits per heavy atom. The van der Waals surface area contributed by atoms with Crippen molar-refractivity contribution in [2.45, 2.75) is 13.0 Å². The molecule has 2 rings (SSSR count). The minimum absolute atomic E-state index is 0.229.